The van der Waals surface area contributed by atoms with Gasteiger partial charge in [0.2, 0.25) is 0 Å². The average Bonchev–Trinajstić information content (AvgIpc) is 2.89. The number of rotatable bonds is 7. The van der Waals surface area contributed by atoms with Gasteiger partial charge in [-0.1, -0.05) is 13.8 Å². The predicted molar refractivity (Wildman–Crippen MR) is 82.3 cm³/mol. The summed E-state index contributed by atoms with van der Waals surface area (Å²) in [5.74, 6) is -0.670. The molecule has 0 aromatic carbocycles. The zero-order valence-corrected chi connectivity index (χ0v) is 13.1. The number of esters is 1. The topological polar surface area (TPSA) is 145 Å². The Hall–Kier alpha value is -2.20. The number of aliphatic imine (C=N–C) groups is 2. The Kier molecular flexibility index (Phi) is 5.50. The van der Waals surface area contributed by atoms with E-state index in [0.717, 1.165) is 0 Å². The molecule has 10 nitrogen and oxygen atoms in total. The fraction of sp³-hybridized carbons (Fsp3) is 0.692. The zero-order chi connectivity index (χ0) is 17.0. The fourth-order valence-electron chi connectivity index (χ4n) is 2.06. The van der Waals surface area contributed by atoms with Gasteiger partial charge in [-0.3, -0.25) is 19.9 Å². The number of carbonyl (C=O) groups excluding carboxylic acids is 2. The van der Waals surface area contributed by atoms with Crippen LogP contribution in [-0.4, -0.2) is 67.3 Å². The number of carbonyl (C=O) groups is 2. The third-order valence-corrected chi connectivity index (χ3v) is 3.49. The van der Waals surface area contributed by atoms with Crippen LogP contribution in [0.15, 0.2) is 9.98 Å². The van der Waals surface area contributed by atoms with E-state index in [1.807, 2.05) is 13.8 Å². The Morgan fingerprint density at radius 2 is 2.22 bits per heavy atom. The summed E-state index contributed by atoms with van der Waals surface area (Å²) in [6, 6.07) is -1.26. The first-order valence-corrected chi connectivity index (χ1v) is 7.33. The van der Waals surface area contributed by atoms with Crippen molar-refractivity contribution in [1.29, 1.82) is 0 Å². The molecule has 0 saturated carbocycles. The summed E-state index contributed by atoms with van der Waals surface area (Å²) in [6.45, 7) is 4.15. The van der Waals surface area contributed by atoms with Crippen molar-refractivity contribution < 1.29 is 19.1 Å². The molecule has 2 heterocycles. The summed E-state index contributed by atoms with van der Waals surface area (Å²) in [5.41, 5.74) is 11.2. The summed E-state index contributed by atoms with van der Waals surface area (Å²) in [4.78, 5) is 33.1. The highest BCUT2D eigenvalue weighted by atomic mass is 16.6. The van der Waals surface area contributed by atoms with Crippen LogP contribution in [0.5, 0.6) is 0 Å². The number of guanidine groups is 1. The molecule has 5 N–H and O–H groups in total. The molecule has 2 aliphatic rings. The number of nitrogens with one attached hydrogen (secondary N) is 1. The van der Waals surface area contributed by atoms with Crippen LogP contribution in [0.25, 0.3) is 0 Å². The Morgan fingerprint density at radius 3 is 2.91 bits per heavy atom. The molecule has 2 unspecified atom stereocenters. The summed E-state index contributed by atoms with van der Waals surface area (Å²) in [5, 5.41) is 2.42. The summed E-state index contributed by atoms with van der Waals surface area (Å²) >= 11 is 0. The van der Waals surface area contributed by atoms with E-state index in [1.165, 1.54) is 6.34 Å². The van der Waals surface area contributed by atoms with Crippen molar-refractivity contribution in [2.45, 2.75) is 32.1 Å². The van der Waals surface area contributed by atoms with Crippen molar-refractivity contribution in [3.63, 3.8) is 0 Å². The number of amides is 1. The quantitative estimate of drug-likeness (QED) is 0.361. The van der Waals surface area contributed by atoms with Gasteiger partial charge in [-0.05, 0) is 5.92 Å². The van der Waals surface area contributed by atoms with Gasteiger partial charge in [-0.15, -0.1) is 0 Å². The van der Waals surface area contributed by atoms with Crippen LogP contribution < -0.4 is 16.8 Å². The maximum Gasteiger partial charge on any atom is 0.323 e. The van der Waals surface area contributed by atoms with Crippen LogP contribution in [-0.2, 0) is 19.1 Å². The monoisotopic (exact) mass is 326 g/mol. The van der Waals surface area contributed by atoms with Gasteiger partial charge in [0.1, 0.15) is 19.4 Å². The molecule has 128 valence electrons. The van der Waals surface area contributed by atoms with Crippen molar-refractivity contribution in [1.82, 2.24) is 10.2 Å². The lowest BCUT2D eigenvalue weighted by molar-refractivity contribution is -0.148. The molecule has 2 aliphatic heterocycles. The Labute approximate surface area is 133 Å². The number of fused-ring (bicyclic) bond motifs is 1. The van der Waals surface area contributed by atoms with Gasteiger partial charge in [-0.25, -0.2) is 4.99 Å². The van der Waals surface area contributed by atoms with Crippen LogP contribution in [0.2, 0.25) is 0 Å². The van der Waals surface area contributed by atoms with Crippen LogP contribution >= 0.6 is 0 Å². The summed E-state index contributed by atoms with van der Waals surface area (Å²) in [6.07, 6.45) is 0.998. The molecule has 1 amide bonds. The van der Waals surface area contributed by atoms with Crippen molar-refractivity contribution in [2.24, 2.45) is 27.4 Å². The van der Waals surface area contributed by atoms with Gasteiger partial charge in [-0.2, -0.15) is 0 Å². The SMILES string of the molecule is CC(C)[C@H](N)C(=O)OCCOCN1C=NC2C(=O)NC(N)=NC21. The van der Waals surface area contributed by atoms with Crippen molar-refractivity contribution in [2.75, 3.05) is 19.9 Å². The Morgan fingerprint density at radius 1 is 1.48 bits per heavy atom. The van der Waals surface area contributed by atoms with E-state index in [-0.39, 0.29) is 37.7 Å². The third kappa shape index (κ3) is 4.17. The number of nitrogens with zero attached hydrogens (tertiary/aromatic N) is 3. The maximum atomic E-state index is 11.7. The van der Waals surface area contributed by atoms with Crippen LogP contribution in [0, 0.1) is 5.92 Å². The second-order valence-electron chi connectivity index (χ2n) is 5.62. The van der Waals surface area contributed by atoms with E-state index in [9.17, 15) is 9.59 Å². The van der Waals surface area contributed by atoms with Gasteiger partial charge in [0.05, 0.1) is 12.9 Å². The van der Waals surface area contributed by atoms with E-state index in [2.05, 4.69) is 15.3 Å². The highest BCUT2D eigenvalue weighted by Gasteiger charge is 2.39. The number of hydrogen-bond acceptors (Lipinski definition) is 9. The van der Waals surface area contributed by atoms with E-state index in [1.54, 1.807) is 4.90 Å². The minimum absolute atomic E-state index is 0.0157. The van der Waals surface area contributed by atoms with E-state index in [4.69, 9.17) is 20.9 Å². The molecule has 0 fully saturated rings. The lowest BCUT2D eigenvalue weighted by Gasteiger charge is -2.27. The lowest BCUT2D eigenvalue weighted by atomic mass is 10.1. The minimum atomic E-state index is -0.639. The molecule has 2 rings (SSSR count). The molecule has 0 aliphatic carbocycles. The first-order chi connectivity index (χ1) is 10.9. The molecule has 10 heteroatoms. The third-order valence-electron chi connectivity index (χ3n) is 3.49. The van der Waals surface area contributed by atoms with Gasteiger partial charge in [0.15, 0.2) is 18.2 Å². The standard InChI is InChI=1S/C13H22N6O4/c1-7(2)8(14)12(21)23-4-3-22-6-19-5-16-9-10(19)17-13(15)18-11(9)20/h5,7-10H,3-4,6,14H2,1-2H3,(H3,15,17,18,20)/t8-,9?,10?/m0/s1. The highest BCUT2D eigenvalue weighted by molar-refractivity contribution is 6.02. The van der Waals surface area contributed by atoms with E-state index >= 15 is 0 Å². The molecular formula is C13H22N6O4. The Balaban J connectivity index is 1.69. The number of hydrogen-bond donors (Lipinski definition) is 3. The highest BCUT2D eigenvalue weighted by Crippen LogP contribution is 2.17. The number of ether oxygens (including phenoxy) is 2. The Bertz CT molecular complexity index is 521. The first-order valence-electron chi connectivity index (χ1n) is 7.33. The summed E-state index contributed by atoms with van der Waals surface area (Å²) in [7, 11) is 0. The molecule has 0 saturated heterocycles. The van der Waals surface area contributed by atoms with E-state index in [0.29, 0.717) is 0 Å². The average molecular weight is 326 g/mol. The fourth-order valence-corrected chi connectivity index (χ4v) is 2.06. The zero-order valence-electron chi connectivity index (χ0n) is 13.1. The van der Waals surface area contributed by atoms with E-state index < -0.39 is 24.2 Å². The normalized spacial score (nSPS) is 24.3. The molecule has 3 atom stereocenters. The van der Waals surface area contributed by atoms with Crippen LogP contribution in [0.4, 0.5) is 0 Å². The van der Waals surface area contributed by atoms with Crippen molar-refractivity contribution in [3.8, 4) is 0 Å². The van der Waals surface area contributed by atoms with Crippen molar-refractivity contribution in [3.05, 3.63) is 0 Å². The second kappa shape index (κ2) is 7.38. The van der Waals surface area contributed by atoms with Crippen LogP contribution in [0.3, 0.4) is 0 Å². The molecule has 0 spiro atoms. The van der Waals surface area contributed by atoms with Crippen LogP contribution in [0.1, 0.15) is 13.8 Å². The summed E-state index contributed by atoms with van der Waals surface area (Å²) < 4.78 is 10.4. The first kappa shape index (κ1) is 17.2. The van der Waals surface area contributed by atoms with Crippen molar-refractivity contribution >= 4 is 24.2 Å². The van der Waals surface area contributed by atoms with Gasteiger partial charge < -0.3 is 25.8 Å². The largest absolute Gasteiger partial charge is 0.462 e. The minimum Gasteiger partial charge on any atom is -0.462 e. The smallest absolute Gasteiger partial charge is 0.323 e. The lowest BCUT2D eigenvalue weighted by Crippen LogP contribution is -2.54. The van der Waals surface area contributed by atoms with Gasteiger partial charge in [0.25, 0.3) is 5.91 Å². The van der Waals surface area contributed by atoms with Gasteiger partial charge in [0, 0.05) is 0 Å². The second-order valence-corrected chi connectivity index (χ2v) is 5.62. The molecule has 23 heavy (non-hydrogen) atoms. The number of nitrogens with two attached hydrogens (primary N) is 2. The molecular weight excluding hydrogens is 304 g/mol. The predicted octanol–water partition coefficient (Wildman–Crippen LogP) is -2.03. The van der Waals surface area contributed by atoms with Gasteiger partial charge >= 0.3 is 5.97 Å². The molecule has 0 aromatic rings. The molecule has 0 bridgehead atoms. The molecule has 0 radical (unpaired) electrons. The molecule has 0 aromatic heterocycles. The maximum absolute atomic E-state index is 11.7.